The van der Waals surface area contributed by atoms with E-state index < -0.39 is 71.7 Å². The molecule has 0 saturated carbocycles. The van der Waals surface area contributed by atoms with E-state index in [4.69, 9.17) is 37.9 Å². The maximum Gasteiger partial charge on any atom is 0.338 e. The summed E-state index contributed by atoms with van der Waals surface area (Å²) < 4.78 is 51.9. The first-order chi connectivity index (χ1) is 34.4. The van der Waals surface area contributed by atoms with Crippen LogP contribution in [0.5, 0.6) is 0 Å². The van der Waals surface area contributed by atoms with Gasteiger partial charge in [0.05, 0.1) is 43.2 Å². The number of aliphatic hydroxyl groups is 4. The number of esters is 1. The lowest BCUT2D eigenvalue weighted by Gasteiger charge is -2.50. The minimum Gasteiger partial charge on any atom is -0.459 e. The van der Waals surface area contributed by atoms with E-state index in [1.807, 2.05) is 61.5 Å². The van der Waals surface area contributed by atoms with Crippen LogP contribution in [0.1, 0.15) is 130 Å². The second-order valence-corrected chi connectivity index (χ2v) is 22.9. The summed E-state index contributed by atoms with van der Waals surface area (Å²) in [6.45, 7) is 14.8. The van der Waals surface area contributed by atoms with Crippen molar-refractivity contribution in [3.63, 3.8) is 0 Å². The van der Waals surface area contributed by atoms with Crippen molar-refractivity contribution in [2.75, 3.05) is 6.61 Å². The van der Waals surface area contributed by atoms with Crippen LogP contribution in [-0.2, 0) is 49.3 Å². The lowest BCUT2D eigenvalue weighted by molar-refractivity contribution is -0.321. The van der Waals surface area contributed by atoms with E-state index in [-0.39, 0.29) is 43.2 Å². The summed E-state index contributed by atoms with van der Waals surface area (Å²) in [6.07, 6.45) is 9.51. The van der Waals surface area contributed by atoms with Crippen LogP contribution in [0.3, 0.4) is 0 Å². The SMILES string of the molecule is C=C1C(O)C2OC3(CCC(C=CC(C)C4CC(C)=CC5(OC(CC(C)(O)C(=O)OCc6c7ccccc7cc7ccccc67)CCC5O)O4)O3)CCC2OC1C(O)CC(C)C1OC2(CCCCO2)CCC1C. The second-order valence-electron chi connectivity index (χ2n) is 22.9. The number of ether oxygens (including phenoxy) is 8. The molecule has 0 amide bonds. The van der Waals surface area contributed by atoms with E-state index in [9.17, 15) is 25.2 Å². The molecule has 0 aromatic heterocycles. The van der Waals surface area contributed by atoms with Crippen molar-refractivity contribution >= 4 is 27.5 Å². The Balaban J connectivity index is 0.720. The first kappa shape index (κ1) is 51.9. The van der Waals surface area contributed by atoms with Gasteiger partial charge in [-0.05, 0) is 123 Å². The molecular weight excluding hydrogens is 917 g/mol. The van der Waals surface area contributed by atoms with Gasteiger partial charge in [-0.1, -0.05) is 93.6 Å². The topological polar surface area (TPSA) is 172 Å². The van der Waals surface area contributed by atoms with Gasteiger partial charge in [0, 0.05) is 43.6 Å². The van der Waals surface area contributed by atoms with Crippen molar-refractivity contribution in [1.82, 2.24) is 0 Å². The normalized spacial score (nSPS) is 38.5. The van der Waals surface area contributed by atoms with Crippen molar-refractivity contribution in [1.29, 1.82) is 0 Å². The monoisotopic (exact) mass is 995 g/mol. The quantitative estimate of drug-likeness (QED) is 0.0770. The molecule has 0 bridgehead atoms. The third kappa shape index (κ3) is 10.5. The minimum atomic E-state index is -1.86. The molecule has 72 heavy (non-hydrogen) atoms. The highest BCUT2D eigenvalue weighted by Gasteiger charge is 2.55. The largest absolute Gasteiger partial charge is 0.459 e. The van der Waals surface area contributed by atoms with Crippen molar-refractivity contribution in [2.45, 2.75) is 215 Å². The maximum absolute atomic E-state index is 13.6. The summed E-state index contributed by atoms with van der Waals surface area (Å²) in [5, 5.41) is 50.5. The lowest BCUT2D eigenvalue weighted by atomic mass is 9.79. The van der Waals surface area contributed by atoms with Gasteiger partial charge in [0.25, 0.3) is 0 Å². The second kappa shape index (κ2) is 20.9. The Morgan fingerprint density at radius 1 is 0.903 bits per heavy atom. The molecule has 6 fully saturated rings. The standard InChI is InChI=1S/C59H78O13/c1-35-29-49(70-59(32-35)50(61)20-19-43(69-59)33-56(6,64)55(63)65-34-46-44-15-9-7-13-40(44)31-41-14-8-10-16-45(41)46)36(2)17-18-42-22-26-58(68-42)27-23-48-54(72-58)51(62)39(5)53(67-48)47(60)30-38(4)52-37(3)21-25-57(71-52)24-11-12-28-66-57/h7-10,13-18,31-32,36-38,42-43,47-54,60-62,64H,5,11-12,19-30,33-34H2,1-4,6H3. The molecule has 6 saturated heterocycles. The molecule has 3 spiro atoms. The lowest BCUT2D eigenvalue weighted by Crippen LogP contribution is -2.60. The van der Waals surface area contributed by atoms with Crippen molar-refractivity contribution < 1.29 is 63.1 Å². The third-order valence-corrected chi connectivity index (χ3v) is 17.2. The van der Waals surface area contributed by atoms with Crippen LogP contribution < -0.4 is 0 Å². The van der Waals surface area contributed by atoms with Gasteiger partial charge in [-0.2, -0.15) is 0 Å². The van der Waals surface area contributed by atoms with E-state index in [0.717, 1.165) is 77.8 Å². The van der Waals surface area contributed by atoms with E-state index in [1.54, 1.807) is 0 Å². The molecule has 0 aliphatic carbocycles. The molecule has 13 heteroatoms. The maximum atomic E-state index is 13.6. The third-order valence-electron chi connectivity index (χ3n) is 17.2. The molecule has 3 aromatic carbocycles. The number of hydrogen-bond donors (Lipinski definition) is 4. The molecule has 17 unspecified atom stereocenters. The number of carbonyl (C=O) groups excluding carboxylic acids is 1. The zero-order valence-corrected chi connectivity index (χ0v) is 42.9. The fourth-order valence-corrected chi connectivity index (χ4v) is 13.1. The van der Waals surface area contributed by atoms with Gasteiger partial charge < -0.3 is 58.3 Å². The van der Waals surface area contributed by atoms with Crippen molar-refractivity contribution in [2.24, 2.45) is 17.8 Å². The predicted molar refractivity (Wildman–Crippen MR) is 271 cm³/mol. The summed E-state index contributed by atoms with van der Waals surface area (Å²) in [7, 11) is 0. The zero-order valence-electron chi connectivity index (χ0n) is 42.9. The number of rotatable bonds is 12. The fourth-order valence-electron chi connectivity index (χ4n) is 13.1. The highest BCUT2D eigenvalue weighted by molar-refractivity contribution is 6.02. The van der Waals surface area contributed by atoms with Gasteiger partial charge in [-0.3, -0.25) is 0 Å². The van der Waals surface area contributed by atoms with E-state index >= 15 is 0 Å². The molecule has 3 aromatic rings. The first-order valence-electron chi connectivity index (χ1n) is 27.0. The predicted octanol–water partition coefficient (Wildman–Crippen LogP) is 9.18. The number of hydrogen-bond acceptors (Lipinski definition) is 13. The Kier molecular flexibility index (Phi) is 15.0. The molecule has 7 heterocycles. The fraction of sp³-hybridized carbons (Fsp3) is 0.644. The van der Waals surface area contributed by atoms with Crippen LogP contribution in [-0.4, -0.2) is 117 Å². The smallest absolute Gasteiger partial charge is 0.338 e. The van der Waals surface area contributed by atoms with Crippen LogP contribution in [0.4, 0.5) is 0 Å². The summed E-state index contributed by atoms with van der Waals surface area (Å²) in [5.74, 6) is -3.30. The van der Waals surface area contributed by atoms with Gasteiger partial charge in [0.1, 0.15) is 31.0 Å². The van der Waals surface area contributed by atoms with E-state index in [1.165, 1.54) is 6.92 Å². The molecule has 0 radical (unpaired) electrons. The average Bonchev–Trinajstić information content (AvgIpc) is 3.76. The van der Waals surface area contributed by atoms with E-state index in [2.05, 4.69) is 45.6 Å². The molecular formula is C59H78O13. The van der Waals surface area contributed by atoms with Gasteiger partial charge in [-0.15, -0.1) is 0 Å². The number of carbonyl (C=O) groups is 1. The van der Waals surface area contributed by atoms with Gasteiger partial charge in [0.2, 0.25) is 5.79 Å². The number of fused-ring (bicyclic) bond motifs is 3. The van der Waals surface area contributed by atoms with Gasteiger partial charge in [0.15, 0.2) is 17.2 Å². The molecule has 17 atom stereocenters. The molecule has 7 aliphatic heterocycles. The van der Waals surface area contributed by atoms with Crippen LogP contribution in [0.15, 0.2) is 90.6 Å². The minimum absolute atomic E-state index is 0.00145. The first-order valence-corrected chi connectivity index (χ1v) is 27.0. The number of aliphatic hydroxyl groups excluding tert-OH is 3. The average molecular weight is 995 g/mol. The molecule has 4 N–H and O–H groups in total. The van der Waals surface area contributed by atoms with Crippen molar-refractivity contribution in [3.8, 4) is 0 Å². The van der Waals surface area contributed by atoms with E-state index in [0.29, 0.717) is 56.4 Å². The van der Waals surface area contributed by atoms with Crippen LogP contribution in [0.2, 0.25) is 0 Å². The zero-order chi connectivity index (χ0) is 50.6. The Morgan fingerprint density at radius 2 is 1.62 bits per heavy atom. The highest BCUT2D eigenvalue weighted by atomic mass is 16.7. The molecule has 13 nitrogen and oxygen atoms in total. The summed E-state index contributed by atoms with van der Waals surface area (Å²) in [6, 6.07) is 18.1. The highest BCUT2D eigenvalue weighted by Crippen LogP contribution is 2.48. The Hall–Kier alpha value is -3.57. The van der Waals surface area contributed by atoms with Gasteiger partial charge >= 0.3 is 5.97 Å². The number of benzene rings is 3. The van der Waals surface area contributed by atoms with Crippen LogP contribution in [0.25, 0.3) is 21.5 Å². The summed E-state index contributed by atoms with van der Waals surface area (Å²) in [4.78, 5) is 13.6. The van der Waals surface area contributed by atoms with Crippen LogP contribution >= 0.6 is 0 Å². The van der Waals surface area contributed by atoms with Crippen LogP contribution in [0, 0.1) is 17.8 Å². The Labute approximate surface area is 424 Å². The Bertz CT molecular complexity index is 2440. The van der Waals surface area contributed by atoms with Gasteiger partial charge in [-0.25, -0.2) is 4.79 Å². The molecule has 10 rings (SSSR count). The Morgan fingerprint density at radius 3 is 2.36 bits per heavy atom. The summed E-state index contributed by atoms with van der Waals surface area (Å²) >= 11 is 0. The summed E-state index contributed by atoms with van der Waals surface area (Å²) in [5.41, 5.74) is 0.446. The molecule has 7 aliphatic rings. The molecule has 392 valence electrons. The van der Waals surface area contributed by atoms with Crippen molar-refractivity contribution in [3.05, 3.63) is 96.1 Å².